The van der Waals surface area contributed by atoms with E-state index in [0.29, 0.717) is 12.8 Å². The average Bonchev–Trinajstić information content (AvgIpc) is 2.66. The first kappa shape index (κ1) is 10.4. The molecule has 0 heterocycles. The lowest BCUT2D eigenvalue weighted by Gasteiger charge is -2.07. The molecule has 2 unspecified atom stereocenters. The van der Waals surface area contributed by atoms with Crippen molar-refractivity contribution in [2.75, 3.05) is 0 Å². The summed E-state index contributed by atoms with van der Waals surface area (Å²) in [6.07, 6.45) is 2.55. The predicted octanol–water partition coefficient (Wildman–Crippen LogP) is 1.96. The summed E-state index contributed by atoms with van der Waals surface area (Å²) in [6.45, 7) is 0. The van der Waals surface area contributed by atoms with Crippen LogP contribution < -0.4 is 0 Å². The second-order valence-corrected chi connectivity index (χ2v) is 4.29. The molecule has 2 rings (SSSR count). The molecule has 80 valence electrons. The average molecular weight is 204 g/mol. The van der Waals surface area contributed by atoms with Crippen LogP contribution in [0.2, 0.25) is 0 Å². The van der Waals surface area contributed by atoms with E-state index < -0.39 is 0 Å². The van der Waals surface area contributed by atoms with E-state index in [-0.39, 0.29) is 17.8 Å². The number of hydrogen-bond acceptors (Lipinski definition) is 2. The Morgan fingerprint density at radius 3 is 2.60 bits per heavy atom. The van der Waals surface area contributed by atoms with Crippen LogP contribution in [0.4, 0.5) is 0 Å². The van der Waals surface area contributed by atoms with Crippen molar-refractivity contribution in [3.63, 3.8) is 0 Å². The summed E-state index contributed by atoms with van der Waals surface area (Å²) in [5.41, 5.74) is 1.07. The maximum Gasteiger partial charge on any atom is 0.140 e. The lowest BCUT2D eigenvalue weighted by atomic mass is 9.96. The Balaban J connectivity index is 1.93. The minimum Gasteiger partial charge on any atom is -0.393 e. The number of ketones is 1. The lowest BCUT2D eigenvalue weighted by Crippen LogP contribution is -2.14. The zero-order chi connectivity index (χ0) is 10.7. The third-order valence-corrected chi connectivity index (χ3v) is 3.08. The molecule has 0 spiro atoms. The van der Waals surface area contributed by atoms with Crippen LogP contribution in [-0.4, -0.2) is 17.0 Å². The molecule has 1 N–H and O–H groups in total. The van der Waals surface area contributed by atoms with Crippen LogP contribution in [0.15, 0.2) is 30.3 Å². The SMILES string of the molecule is O=C(Cc1ccccc1)C1CCC(O)C1. The first-order valence-corrected chi connectivity index (χ1v) is 5.50. The van der Waals surface area contributed by atoms with E-state index in [1.807, 2.05) is 30.3 Å². The number of aliphatic hydroxyl groups is 1. The molecule has 1 fully saturated rings. The van der Waals surface area contributed by atoms with Gasteiger partial charge in [0, 0.05) is 12.3 Å². The second kappa shape index (κ2) is 4.58. The van der Waals surface area contributed by atoms with Gasteiger partial charge in [0.15, 0.2) is 0 Å². The zero-order valence-corrected chi connectivity index (χ0v) is 8.73. The van der Waals surface area contributed by atoms with Crippen LogP contribution in [0.1, 0.15) is 24.8 Å². The smallest absolute Gasteiger partial charge is 0.140 e. The normalized spacial score (nSPS) is 25.4. The predicted molar refractivity (Wildman–Crippen MR) is 58.5 cm³/mol. The van der Waals surface area contributed by atoms with Crippen molar-refractivity contribution in [3.8, 4) is 0 Å². The molecule has 1 aromatic carbocycles. The highest BCUT2D eigenvalue weighted by molar-refractivity contribution is 5.83. The number of Topliss-reactive ketones (excluding diaryl/α,β-unsaturated/α-hetero) is 1. The van der Waals surface area contributed by atoms with Gasteiger partial charge in [-0.05, 0) is 24.8 Å². The van der Waals surface area contributed by atoms with Gasteiger partial charge in [-0.15, -0.1) is 0 Å². The molecule has 1 aromatic rings. The van der Waals surface area contributed by atoms with E-state index >= 15 is 0 Å². The highest BCUT2D eigenvalue weighted by Gasteiger charge is 2.28. The molecule has 0 aliphatic heterocycles. The molecular formula is C13H16O2. The van der Waals surface area contributed by atoms with E-state index in [0.717, 1.165) is 18.4 Å². The molecule has 2 atom stereocenters. The fourth-order valence-electron chi connectivity index (χ4n) is 2.19. The van der Waals surface area contributed by atoms with Crippen LogP contribution in [0.5, 0.6) is 0 Å². The molecule has 0 amide bonds. The fourth-order valence-corrected chi connectivity index (χ4v) is 2.19. The molecule has 2 nitrogen and oxygen atoms in total. The Kier molecular flexibility index (Phi) is 3.17. The summed E-state index contributed by atoms with van der Waals surface area (Å²) >= 11 is 0. The Bertz CT molecular complexity index is 332. The van der Waals surface area contributed by atoms with Gasteiger partial charge in [0.25, 0.3) is 0 Å². The van der Waals surface area contributed by atoms with E-state index in [9.17, 15) is 9.90 Å². The van der Waals surface area contributed by atoms with Gasteiger partial charge in [-0.1, -0.05) is 30.3 Å². The monoisotopic (exact) mass is 204 g/mol. The molecule has 1 aliphatic carbocycles. The summed E-state index contributed by atoms with van der Waals surface area (Å²) in [6, 6.07) is 9.80. The van der Waals surface area contributed by atoms with Gasteiger partial charge in [0.05, 0.1) is 6.10 Å². The van der Waals surface area contributed by atoms with Crippen molar-refractivity contribution in [1.29, 1.82) is 0 Å². The van der Waals surface area contributed by atoms with Crippen LogP contribution in [-0.2, 0) is 11.2 Å². The van der Waals surface area contributed by atoms with Crippen molar-refractivity contribution in [2.24, 2.45) is 5.92 Å². The van der Waals surface area contributed by atoms with Crippen molar-refractivity contribution in [1.82, 2.24) is 0 Å². The summed E-state index contributed by atoms with van der Waals surface area (Å²) in [4.78, 5) is 11.8. The number of benzene rings is 1. The summed E-state index contributed by atoms with van der Waals surface area (Å²) in [7, 11) is 0. The highest BCUT2D eigenvalue weighted by atomic mass is 16.3. The van der Waals surface area contributed by atoms with Gasteiger partial charge in [0.1, 0.15) is 5.78 Å². The van der Waals surface area contributed by atoms with E-state index in [4.69, 9.17) is 0 Å². The van der Waals surface area contributed by atoms with E-state index in [2.05, 4.69) is 0 Å². The number of rotatable bonds is 3. The van der Waals surface area contributed by atoms with Crippen molar-refractivity contribution >= 4 is 5.78 Å². The van der Waals surface area contributed by atoms with Gasteiger partial charge < -0.3 is 5.11 Å². The Morgan fingerprint density at radius 1 is 1.27 bits per heavy atom. The van der Waals surface area contributed by atoms with Crippen LogP contribution in [0.3, 0.4) is 0 Å². The molecule has 0 bridgehead atoms. The Labute approximate surface area is 89.9 Å². The van der Waals surface area contributed by atoms with Crippen molar-refractivity contribution in [2.45, 2.75) is 31.8 Å². The highest BCUT2D eigenvalue weighted by Crippen LogP contribution is 2.27. The number of carbonyl (C=O) groups is 1. The minimum absolute atomic E-state index is 0.0835. The molecular weight excluding hydrogens is 188 g/mol. The van der Waals surface area contributed by atoms with Gasteiger partial charge in [-0.25, -0.2) is 0 Å². The van der Waals surface area contributed by atoms with Gasteiger partial charge in [0.2, 0.25) is 0 Å². The van der Waals surface area contributed by atoms with Gasteiger partial charge >= 0.3 is 0 Å². The third-order valence-electron chi connectivity index (χ3n) is 3.08. The first-order valence-electron chi connectivity index (χ1n) is 5.50. The molecule has 0 radical (unpaired) electrons. The molecule has 2 heteroatoms. The molecule has 0 aromatic heterocycles. The van der Waals surface area contributed by atoms with Gasteiger partial charge in [-0.3, -0.25) is 4.79 Å². The minimum atomic E-state index is -0.255. The zero-order valence-electron chi connectivity index (χ0n) is 8.73. The lowest BCUT2D eigenvalue weighted by molar-refractivity contribution is -0.122. The number of aliphatic hydroxyl groups excluding tert-OH is 1. The van der Waals surface area contributed by atoms with Crippen LogP contribution >= 0.6 is 0 Å². The maximum absolute atomic E-state index is 11.8. The third kappa shape index (κ3) is 2.66. The van der Waals surface area contributed by atoms with Crippen molar-refractivity contribution in [3.05, 3.63) is 35.9 Å². The Hall–Kier alpha value is -1.15. The number of carbonyl (C=O) groups excluding carboxylic acids is 1. The topological polar surface area (TPSA) is 37.3 Å². The van der Waals surface area contributed by atoms with Crippen LogP contribution in [0, 0.1) is 5.92 Å². The quantitative estimate of drug-likeness (QED) is 0.817. The van der Waals surface area contributed by atoms with Gasteiger partial charge in [-0.2, -0.15) is 0 Å². The summed E-state index contributed by atoms with van der Waals surface area (Å²) in [5, 5.41) is 9.36. The largest absolute Gasteiger partial charge is 0.393 e. The van der Waals surface area contributed by atoms with Crippen molar-refractivity contribution < 1.29 is 9.90 Å². The van der Waals surface area contributed by atoms with Crippen LogP contribution in [0.25, 0.3) is 0 Å². The second-order valence-electron chi connectivity index (χ2n) is 4.29. The Morgan fingerprint density at radius 2 is 2.00 bits per heavy atom. The molecule has 1 saturated carbocycles. The molecule has 0 saturated heterocycles. The fraction of sp³-hybridized carbons (Fsp3) is 0.462. The first-order chi connectivity index (χ1) is 7.25. The summed E-state index contributed by atoms with van der Waals surface area (Å²) in [5.74, 6) is 0.359. The standard InChI is InChI=1S/C13H16O2/c14-12-7-6-11(9-12)13(15)8-10-4-2-1-3-5-10/h1-5,11-12,14H,6-9H2. The molecule has 15 heavy (non-hydrogen) atoms. The van der Waals surface area contributed by atoms with E-state index in [1.54, 1.807) is 0 Å². The number of hydrogen-bond donors (Lipinski definition) is 1. The summed E-state index contributed by atoms with van der Waals surface area (Å²) < 4.78 is 0. The maximum atomic E-state index is 11.8. The van der Waals surface area contributed by atoms with E-state index in [1.165, 1.54) is 0 Å². The molecule has 1 aliphatic rings.